The number of carbonyl (C=O) groups is 1. The van der Waals surface area contributed by atoms with Crippen molar-refractivity contribution >= 4 is 5.91 Å². The average molecular weight is 223 g/mol. The normalized spacial score (nSPS) is 14.2. The minimum absolute atomic E-state index is 0.493. The molecule has 0 radical (unpaired) electrons. The number of nitrogens with two attached hydrogens (primary N) is 1. The van der Waals surface area contributed by atoms with Crippen LogP contribution in [0.1, 0.15) is 31.1 Å². The van der Waals surface area contributed by atoms with Crippen molar-refractivity contribution in [1.29, 1.82) is 0 Å². The van der Waals surface area contributed by atoms with Gasteiger partial charge in [-0.2, -0.15) is 0 Å². The summed E-state index contributed by atoms with van der Waals surface area (Å²) in [4.78, 5) is 10.9. The van der Waals surface area contributed by atoms with Crippen molar-refractivity contribution in [2.45, 2.75) is 33.0 Å². The van der Waals surface area contributed by atoms with E-state index in [1.54, 1.807) is 19.9 Å². The van der Waals surface area contributed by atoms with Crippen LogP contribution in [-0.4, -0.2) is 17.1 Å². The van der Waals surface area contributed by atoms with Crippen LogP contribution in [0.5, 0.6) is 5.75 Å². The first kappa shape index (κ1) is 12.5. The SMILES string of the molecule is Cc1ccc(OC(C)C(N)=O)c([C@H](C)O)c1. The van der Waals surface area contributed by atoms with Crippen molar-refractivity contribution in [3.05, 3.63) is 29.3 Å². The minimum atomic E-state index is -0.708. The Balaban J connectivity index is 2.99. The number of rotatable bonds is 4. The molecule has 4 nitrogen and oxygen atoms in total. The number of aliphatic hydroxyl groups excluding tert-OH is 1. The van der Waals surface area contributed by atoms with Crippen LogP contribution in [0.4, 0.5) is 0 Å². The summed E-state index contributed by atoms with van der Waals surface area (Å²) in [6, 6.07) is 5.42. The zero-order chi connectivity index (χ0) is 12.3. The van der Waals surface area contributed by atoms with Crippen molar-refractivity contribution in [1.82, 2.24) is 0 Å². The fraction of sp³-hybridized carbons (Fsp3) is 0.417. The van der Waals surface area contributed by atoms with E-state index >= 15 is 0 Å². The fourth-order valence-corrected chi connectivity index (χ4v) is 1.35. The summed E-state index contributed by atoms with van der Waals surface area (Å²) >= 11 is 0. The van der Waals surface area contributed by atoms with E-state index in [0.717, 1.165) is 5.56 Å². The molecule has 3 N–H and O–H groups in total. The summed E-state index contributed by atoms with van der Waals surface area (Å²) in [5.74, 6) is -0.0379. The van der Waals surface area contributed by atoms with Crippen LogP contribution < -0.4 is 10.5 Å². The highest BCUT2D eigenvalue weighted by Gasteiger charge is 2.15. The van der Waals surface area contributed by atoms with Gasteiger partial charge in [-0.05, 0) is 32.9 Å². The molecule has 0 aromatic heterocycles. The highest BCUT2D eigenvalue weighted by Crippen LogP contribution is 2.26. The molecule has 4 heteroatoms. The van der Waals surface area contributed by atoms with Gasteiger partial charge in [0.15, 0.2) is 6.10 Å². The lowest BCUT2D eigenvalue weighted by molar-refractivity contribution is -0.124. The van der Waals surface area contributed by atoms with Crippen LogP contribution in [-0.2, 0) is 4.79 Å². The summed E-state index contributed by atoms with van der Waals surface area (Å²) in [7, 11) is 0. The quantitative estimate of drug-likeness (QED) is 0.808. The number of carbonyl (C=O) groups excluding carboxylic acids is 1. The Hall–Kier alpha value is -1.55. The molecule has 0 fully saturated rings. The second-order valence-corrected chi connectivity index (χ2v) is 3.88. The van der Waals surface area contributed by atoms with E-state index in [-0.39, 0.29) is 0 Å². The van der Waals surface area contributed by atoms with Gasteiger partial charge in [-0.3, -0.25) is 4.79 Å². The summed E-state index contributed by atoms with van der Waals surface area (Å²) in [6.45, 7) is 5.15. The van der Waals surface area contributed by atoms with Gasteiger partial charge in [0.25, 0.3) is 5.91 Å². The lowest BCUT2D eigenvalue weighted by Gasteiger charge is -2.17. The first-order chi connectivity index (χ1) is 7.41. The second-order valence-electron chi connectivity index (χ2n) is 3.88. The highest BCUT2D eigenvalue weighted by atomic mass is 16.5. The van der Waals surface area contributed by atoms with E-state index in [4.69, 9.17) is 10.5 Å². The predicted molar refractivity (Wildman–Crippen MR) is 61.1 cm³/mol. The molecular weight excluding hydrogens is 206 g/mol. The van der Waals surface area contributed by atoms with Crippen LogP contribution >= 0.6 is 0 Å². The van der Waals surface area contributed by atoms with E-state index < -0.39 is 18.1 Å². The Morgan fingerprint density at radius 2 is 2.06 bits per heavy atom. The molecule has 0 saturated heterocycles. The molecule has 16 heavy (non-hydrogen) atoms. The van der Waals surface area contributed by atoms with Crippen LogP contribution in [0.3, 0.4) is 0 Å². The summed E-state index contributed by atoms with van der Waals surface area (Å²) in [5.41, 5.74) is 6.80. The molecule has 0 spiro atoms. The molecule has 1 aromatic rings. The predicted octanol–water partition coefficient (Wildman–Crippen LogP) is 1.30. The molecule has 1 aromatic carbocycles. The van der Waals surface area contributed by atoms with E-state index in [2.05, 4.69) is 0 Å². The van der Waals surface area contributed by atoms with Crippen molar-refractivity contribution in [3.8, 4) is 5.75 Å². The van der Waals surface area contributed by atoms with Gasteiger partial charge in [0, 0.05) is 5.56 Å². The summed E-state index contributed by atoms with van der Waals surface area (Å²) in [5, 5.41) is 9.58. The number of benzene rings is 1. The Labute approximate surface area is 95.0 Å². The van der Waals surface area contributed by atoms with E-state index in [9.17, 15) is 9.90 Å². The van der Waals surface area contributed by atoms with Crippen molar-refractivity contribution in [3.63, 3.8) is 0 Å². The number of ether oxygens (including phenoxy) is 1. The molecular formula is C12H17NO3. The standard InChI is InChI=1S/C12H17NO3/c1-7-4-5-11(10(6-7)8(2)14)16-9(3)12(13)15/h4-6,8-9,14H,1-3H3,(H2,13,15)/t8-,9?/m0/s1. The molecule has 1 rings (SSSR count). The third-order valence-corrected chi connectivity index (χ3v) is 2.32. The van der Waals surface area contributed by atoms with Gasteiger partial charge in [0.2, 0.25) is 0 Å². The molecule has 88 valence electrons. The Morgan fingerprint density at radius 3 is 2.56 bits per heavy atom. The number of aryl methyl sites for hydroxylation is 1. The van der Waals surface area contributed by atoms with Crippen LogP contribution in [0.25, 0.3) is 0 Å². The van der Waals surface area contributed by atoms with Gasteiger partial charge < -0.3 is 15.6 Å². The van der Waals surface area contributed by atoms with Gasteiger partial charge in [-0.15, -0.1) is 0 Å². The lowest BCUT2D eigenvalue weighted by atomic mass is 10.1. The number of primary amides is 1. The largest absolute Gasteiger partial charge is 0.481 e. The summed E-state index contributed by atoms with van der Waals surface area (Å²) < 4.78 is 5.39. The molecule has 0 bridgehead atoms. The topological polar surface area (TPSA) is 72.5 Å². The maximum Gasteiger partial charge on any atom is 0.258 e. The molecule has 0 saturated carbocycles. The highest BCUT2D eigenvalue weighted by molar-refractivity contribution is 5.78. The number of amides is 1. The smallest absolute Gasteiger partial charge is 0.258 e. The lowest BCUT2D eigenvalue weighted by Crippen LogP contribution is -2.31. The third kappa shape index (κ3) is 2.97. The van der Waals surface area contributed by atoms with Crippen molar-refractivity contribution in [2.24, 2.45) is 5.73 Å². The van der Waals surface area contributed by atoms with Crippen LogP contribution in [0, 0.1) is 6.92 Å². The van der Waals surface area contributed by atoms with Gasteiger partial charge in [0.1, 0.15) is 5.75 Å². The average Bonchev–Trinajstić information content (AvgIpc) is 2.20. The molecule has 0 aliphatic carbocycles. The first-order valence-corrected chi connectivity index (χ1v) is 5.16. The Morgan fingerprint density at radius 1 is 1.44 bits per heavy atom. The molecule has 2 atom stereocenters. The third-order valence-electron chi connectivity index (χ3n) is 2.32. The van der Waals surface area contributed by atoms with E-state index in [0.29, 0.717) is 11.3 Å². The van der Waals surface area contributed by atoms with Crippen molar-refractivity contribution < 1.29 is 14.6 Å². The Kier molecular flexibility index (Phi) is 3.90. The van der Waals surface area contributed by atoms with E-state index in [1.807, 2.05) is 19.1 Å². The minimum Gasteiger partial charge on any atom is -0.481 e. The number of hydrogen-bond acceptors (Lipinski definition) is 3. The van der Waals surface area contributed by atoms with E-state index in [1.165, 1.54) is 0 Å². The monoisotopic (exact) mass is 223 g/mol. The second kappa shape index (κ2) is 4.99. The first-order valence-electron chi connectivity index (χ1n) is 5.16. The van der Waals surface area contributed by atoms with Gasteiger partial charge in [0.05, 0.1) is 6.10 Å². The maximum absolute atomic E-state index is 10.9. The van der Waals surface area contributed by atoms with Crippen molar-refractivity contribution in [2.75, 3.05) is 0 Å². The van der Waals surface area contributed by atoms with Crippen LogP contribution in [0.15, 0.2) is 18.2 Å². The maximum atomic E-state index is 10.9. The molecule has 0 aliphatic heterocycles. The Bertz CT molecular complexity index is 388. The van der Waals surface area contributed by atoms with Gasteiger partial charge >= 0.3 is 0 Å². The molecule has 1 unspecified atom stereocenters. The molecule has 0 aliphatic rings. The zero-order valence-corrected chi connectivity index (χ0v) is 9.73. The molecule has 0 heterocycles. The number of hydrogen-bond donors (Lipinski definition) is 2. The molecule has 1 amide bonds. The van der Waals surface area contributed by atoms with Crippen LogP contribution in [0.2, 0.25) is 0 Å². The fourth-order valence-electron chi connectivity index (χ4n) is 1.35. The van der Waals surface area contributed by atoms with Gasteiger partial charge in [-0.1, -0.05) is 11.6 Å². The van der Waals surface area contributed by atoms with Gasteiger partial charge in [-0.25, -0.2) is 0 Å². The zero-order valence-electron chi connectivity index (χ0n) is 9.73. The summed E-state index contributed by atoms with van der Waals surface area (Å²) in [6.07, 6.45) is -1.35. The number of aliphatic hydroxyl groups is 1.